The van der Waals surface area contributed by atoms with Crippen LogP contribution >= 0.6 is 24.0 Å². The van der Waals surface area contributed by atoms with Crippen molar-refractivity contribution >= 4 is 29.9 Å². The van der Waals surface area contributed by atoms with E-state index in [1.807, 2.05) is 12.1 Å². The van der Waals surface area contributed by atoms with Gasteiger partial charge in [0.1, 0.15) is 5.82 Å². The molecule has 0 aromatic heterocycles. The molecular weight excluding hydrogens is 458 g/mol. The molecule has 0 atom stereocenters. The lowest BCUT2D eigenvalue weighted by atomic mass is 9.89. The zero-order valence-corrected chi connectivity index (χ0v) is 18.7. The summed E-state index contributed by atoms with van der Waals surface area (Å²) >= 11 is 0. The van der Waals surface area contributed by atoms with Crippen LogP contribution in [0.5, 0.6) is 0 Å². The van der Waals surface area contributed by atoms with Crippen LogP contribution in [-0.2, 0) is 11.3 Å². The van der Waals surface area contributed by atoms with E-state index in [9.17, 15) is 4.39 Å². The summed E-state index contributed by atoms with van der Waals surface area (Å²) < 4.78 is 18.3. The first kappa shape index (κ1) is 22.4. The van der Waals surface area contributed by atoms with Gasteiger partial charge in [0.25, 0.3) is 0 Å². The number of ether oxygens (including phenoxy) is 1. The largest absolute Gasteiger partial charge is 0.380 e. The fourth-order valence-corrected chi connectivity index (χ4v) is 3.41. The van der Waals surface area contributed by atoms with E-state index >= 15 is 0 Å². The molecule has 27 heavy (non-hydrogen) atoms. The van der Waals surface area contributed by atoms with Gasteiger partial charge in [-0.2, -0.15) is 0 Å². The first-order valence-corrected chi connectivity index (χ1v) is 9.66. The number of halogens is 2. The molecule has 0 radical (unpaired) electrons. The number of guanidine groups is 1. The molecule has 0 unspecified atom stereocenters. The molecule has 0 spiro atoms. The Morgan fingerprint density at radius 2 is 1.93 bits per heavy atom. The number of piperidine rings is 1. The second-order valence-electron chi connectivity index (χ2n) is 7.82. The molecule has 5 nitrogen and oxygen atoms in total. The van der Waals surface area contributed by atoms with Gasteiger partial charge in [0.15, 0.2) is 5.96 Å². The van der Waals surface area contributed by atoms with E-state index in [1.165, 1.54) is 17.7 Å². The summed E-state index contributed by atoms with van der Waals surface area (Å²) in [6.07, 6.45) is 2.18. The molecule has 0 amide bonds. The number of rotatable bonds is 6. The maximum atomic E-state index is 13.0. The molecule has 152 valence electrons. The third-order valence-corrected chi connectivity index (χ3v) is 5.11. The molecule has 3 rings (SSSR count). The molecule has 0 bridgehead atoms. The maximum Gasteiger partial charge on any atom is 0.191 e. The number of nitrogens with zero attached hydrogens (tertiary/aromatic N) is 2. The molecule has 2 aliphatic rings. The number of aliphatic imine (C=N–C) groups is 1. The lowest BCUT2D eigenvalue weighted by molar-refractivity contribution is -0.0945. The Kier molecular flexibility index (Phi) is 8.75. The van der Waals surface area contributed by atoms with Gasteiger partial charge >= 0.3 is 0 Å². The average Bonchev–Trinajstić information content (AvgIpc) is 2.62. The Hall–Kier alpha value is -0.930. The normalized spacial score (nSPS) is 20.5. The summed E-state index contributed by atoms with van der Waals surface area (Å²) in [5, 5.41) is 6.95. The highest BCUT2D eigenvalue weighted by Gasteiger charge is 2.33. The van der Waals surface area contributed by atoms with Crippen LogP contribution in [0.25, 0.3) is 0 Å². The molecule has 2 N–H and O–H groups in total. The summed E-state index contributed by atoms with van der Waals surface area (Å²) in [6.45, 7) is 10.6. The van der Waals surface area contributed by atoms with Crippen molar-refractivity contribution in [2.75, 3.05) is 39.4 Å². The van der Waals surface area contributed by atoms with E-state index in [1.54, 1.807) is 0 Å². The Morgan fingerprint density at radius 1 is 1.26 bits per heavy atom. The fourth-order valence-electron chi connectivity index (χ4n) is 3.41. The summed E-state index contributed by atoms with van der Waals surface area (Å²) in [7, 11) is 0. The van der Waals surface area contributed by atoms with Crippen LogP contribution in [0.4, 0.5) is 4.39 Å². The highest BCUT2D eigenvalue weighted by atomic mass is 127. The molecule has 0 aliphatic carbocycles. The molecule has 7 heteroatoms. The first-order valence-electron chi connectivity index (χ1n) is 9.66. The predicted molar refractivity (Wildman–Crippen MR) is 118 cm³/mol. The van der Waals surface area contributed by atoms with Crippen LogP contribution in [0.15, 0.2) is 29.3 Å². The van der Waals surface area contributed by atoms with Crippen LogP contribution in [0.2, 0.25) is 0 Å². The minimum absolute atomic E-state index is 0. The predicted octanol–water partition coefficient (Wildman–Crippen LogP) is 3.00. The van der Waals surface area contributed by atoms with Gasteiger partial charge < -0.3 is 15.4 Å². The van der Waals surface area contributed by atoms with Crippen molar-refractivity contribution in [2.24, 2.45) is 10.4 Å². The van der Waals surface area contributed by atoms with E-state index in [4.69, 9.17) is 9.73 Å². The monoisotopic (exact) mass is 490 g/mol. The van der Waals surface area contributed by atoms with E-state index in [-0.39, 0.29) is 35.2 Å². The number of nitrogens with one attached hydrogen (secondary N) is 2. The first-order chi connectivity index (χ1) is 12.6. The van der Waals surface area contributed by atoms with E-state index < -0.39 is 0 Å². The van der Waals surface area contributed by atoms with Gasteiger partial charge in [-0.15, -0.1) is 24.0 Å². The standard InChI is InChI=1S/C20H31FN4O.HI/c1-3-22-19(23-13-20(2)14-26-15-20)24-18-8-10-25(11-9-18)12-16-4-6-17(21)7-5-16;/h4-7,18H,3,8-15H2,1-2H3,(H2,22,23,24);1H. The van der Waals surface area contributed by atoms with E-state index in [0.29, 0.717) is 6.04 Å². The summed E-state index contributed by atoms with van der Waals surface area (Å²) in [5.41, 5.74) is 1.37. The van der Waals surface area contributed by atoms with Crippen molar-refractivity contribution in [3.05, 3.63) is 35.6 Å². The Bertz CT molecular complexity index is 599. The molecule has 2 heterocycles. The topological polar surface area (TPSA) is 48.9 Å². The Labute approximate surface area is 179 Å². The fraction of sp³-hybridized carbons (Fsp3) is 0.650. The van der Waals surface area contributed by atoms with Crippen molar-refractivity contribution < 1.29 is 9.13 Å². The van der Waals surface area contributed by atoms with Crippen molar-refractivity contribution in [1.29, 1.82) is 0 Å². The summed E-state index contributed by atoms with van der Waals surface area (Å²) in [5.74, 6) is 0.742. The third kappa shape index (κ3) is 6.87. The molecule has 2 fully saturated rings. The van der Waals surface area contributed by atoms with E-state index in [0.717, 1.165) is 64.7 Å². The second kappa shape index (κ2) is 10.6. The van der Waals surface area contributed by atoms with Crippen molar-refractivity contribution in [3.63, 3.8) is 0 Å². The van der Waals surface area contributed by atoms with Crippen LogP contribution in [-0.4, -0.2) is 56.3 Å². The van der Waals surface area contributed by atoms with Crippen molar-refractivity contribution in [1.82, 2.24) is 15.5 Å². The SMILES string of the molecule is CCNC(=NCC1(C)COC1)NC1CCN(Cc2ccc(F)cc2)CC1.I. The average molecular weight is 490 g/mol. The number of benzene rings is 1. The number of hydrogen-bond donors (Lipinski definition) is 2. The Morgan fingerprint density at radius 3 is 2.48 bits per heavy atom. The number of hydrogen-bond acceptors (Lipinski definition) is 3. The maximum absolute atomic E-state index is 13.0. The molecule has 2 aliphatic heterocycles. The Balaban J connectivity index is 0.00000261. The zero-order valence-electron chi connectivity index (χ0n) is 16.3. The van der Waals surface area contributed by atoms with Gasteiger partial charge in [-0.25, -0.2) is 4.39 Å². The lowest BCUT2D eigenvalue weighted by Crippen LogP contribution is -2.49. The van der Waals surface area contributed by atoms with Gasteiger partial charge in [-0.1, -0.05) is 19.1 Å². The van der Waals surface area contributed by atoms with Crippen molar-refractivity contribution in [2.45, 2.75) is 39.3 Å². The second-order valence-corrected chi connectivity index (χ2v) is 7.82. The smallest absolute Gasteiger partial charge is 0.191 e. The van der Waals surface area contributed by atoms with Gasteiger partial charge in [0.05, 0.1) is 19.8 Å². The molecule has 1 aromatic rings. The molecular formula is C20H32FIN4O. The number of likely N-dealkylation sites (tertiary alicyclic amines) is 1. The van der Waals surface area contributed by atoms with Gasteiger partial charge in [-0.3, -0.25) is 9.89 Å². The minimum atomic E-state index is -0.172. The summed E-state index contributed by atoms with van der Waals surface area (Å²) in [4.78, 5) is 7.19. The van der Waals surface area contributed by atoms with Crippen LogP contribution in [0.3, 0.4) is 0 Å². The van der Waals surface area contributed by atoms with Crippen LogP contribution in [0.1, 0.15) is 32.3 Å². The highest BCUT2D eigenvalue weighted by molar-refractivity contribution is 14.0. The minimum Gasteiger partial charge on any atom is -0.380 e. The molecule has 1 aromatic carbocycles. The van der Waals surface area contributed by atoms with Gasteiger partial charge in [0, 0.05) is 37.6 Å². The lowest BCUT2D eigenvalue weighted by Gasteiger charge is -2.37. The van der Waals surface area contributed by atoms with Crippen LogP contribution in [0, 0.1) is 11.2 Å². The van der Waals surface area contributed by atoms with Gasteiger partial charge in [0.2, 0.25) is 0 Å². The quantitative estimate of drug-likeness (QED) is 0.366. The van der Waals surface area contributed by atoms with Gasteiger partial charge in [-0.05, 0) is 37.5 Å². The summed E-state index contributed by atoms with van der Waals surface area (Å²) in [6, 6.07) is 7.27. The highest BCUT2D eigenvalue weighted by Crippen LogP contribution is 2.26. The molecule has 0 saturated carbocycles. The third-order valence-electron chi connectivity index (χ3n) is 5.11. The molecule has 2 saturated heterocycles. The van der Waals surface area contributed by atoms with Crippen molar-refractivity contribution in [3.8, 4) is 0 Å². The van der Waals surface area contributed by atoms with E-state index in [2.05, 4.69) is 29.4 Å². The zero-order chi connectivity index (χ0) is 18.4. The van der Waals surface area contributed by atoms with Crippen LogP contribution < -0.4 is 10.6 Å².